The van der Waals surface area contributed by atoms with Crippen molar-refractivity contribution >= 4 is 10.8 Å². The molecule has 3 atom stereocenters. The molecule has 2 nitrogen and oxygen atoms in total. The Morgan fingerprint density at radius 1 is 1.45 bits per heavy atom. The molecule has 1 aliphatic rings. The van der Waals surface area contributed by atoms with Crippen LogP contribution in [0.3, 0.4) is 0 Å². The summed E-state index contributed by atoms with van der Waals surface area (Å²) in [6.45, 7) is 1.91. The summed E-state index contributed by atoms with van der Waals surface area (Å²) in [6, 6.07) is 0. The van der Waals surface area contributed by atoms with Crippen LogP contribution in [-0.4, -0.2) is 26.4 Å². The first kappa shape index (κ1) is 9.20. The Hall–Kier alpha value is 0.110. The molecule has 3 heteroatoms. The van der Waals surface area contributed by atoms with E-state index in [-0.39, 0.29) is 11.4 Å². The lowest BCUT2D eigenvalue weighted by atomic mass is 9.97. The Morgan fingerprint density at radius 2 is 2.09 bits per heavy atom. The standard InChI is InChI=1S/C8H16O2S/c1-2-11(10)8-6-4-3-5-7(8)9/h7-9H,2-6H2,1H3/t7-,8-,11+/m1/s1. The second-order valence-corrected chi connectivity index (χ2v) is 5.00. The Bertz CT molecular complexity index is 147. The van der Waals surface area contributed by atoms with Gasteiger partial charge in [-0.2, -0.15) is 0 Å². The van der Waals surface area contributed by atoms with E-state index in [4.69, 9.17) is 0 Å². The Labute approximate surface area is 70.5 Å². The molecular weight excluding hydrogens is 160 g/mol. The number of rotatable bonds is 2. The molecule has 0 heterocycles. The molecule has 1 aliphatic carbocycles. The highest BCUT2D eigenvalue weighted by Crippen LogP contribution is 2.22. The predicted octanol–water partition coefficient (Wildman–Crippen LogP) is 1.06. The third-order valence-electron chi connectivity index (χ3n) is 2.29. The number of aliphatic hydroxyl groups excluding tert-OH is 1. The molecule has 0 aromatic rings. The topological polar surface area (TPSA) is 37.3 Å². The zero-order valence-corrected chi connectivity index (χ0v) is 7.77. The molecular formula is C8H16O2S. The quantitative estimate of drug-likeness (QED) is 0.683. The number of hydrogen-bond acceptors (Lipinski definition) is 2. The first-order valence-electron chi connectivity index (χ1n) is 4.31. The largest absolute Gasteiger partial charge is 0.392 e. The molecule has 1 fully saturated rings. The van der Waals surface area contributed by atoms with Gasteiger partial charge in [-0.3, -0.25) is 4.21 Å². The molecule has 11 heavy (non-hydrogen) atoms. The van der Waals surface area contributed by atoms with E-state index in [0.717, 1.165) is 25.7 Å². The van der Waals surface area contributed by atoms with Crippen molar-refractivity contribution in [2.45, 2.75) is 44.0 Å². The van der Waals surface area contributed by atoms with Gasteiger partial charge in [0.1, 0.15) is 0 Å². The maximum absolute atomic E-state index is 11.3. The van der Waals surface area contributed by atoms with Gasteiger partial charge in [-0.05, 0) is 12.8 Å². The minimum atomic E-state index is -0.794. The van der Waals surface area contributed by atoms with Crippen molar-refractivity contribution in [3.05, 3.63) is 0 Å². The van der Waals surface area contributed by atoms with Crippen LogP contribution in [0.25, 0.3) is 0 Å². The zero-order chi connectivity index (χ0) is 8.27. The molecule has 1 rings (SSSR count). The smallest absolute Gasteiger partial charge is 0.0683 e. The van der Waals surface area contributed by atoms with Gasteiger partial charge in [0.05, 0.1) is 11.4 Å². The number of hydrogen-bond donors (Lipinski definition) is 1. The molecule has 0 spiro atoms. The van der Waals surface area contributed by atoms with Crippen LogP contribution in [0.15, 0.2) is 0 Å². The van der Waals surface area contributed by atoms with E-state index in [1.807, 2.05) is 6.92 Å². The summed E-state index contributed by atoms with van der Waals surface area (Å²) in [6.07, 6.45) is 3.72. The van der Waals surface area contributed by atoms with Crippen LogP contribution in [0, 0.1) is 0 Å². The van der Waals surface area contributed by atoms with Gasteiger partial charge in [-0.15, -0.1) is 0 Å². The fourth-order valence-corrected chi connectivity index (χ4v) is 2.94. The van der Waals surface area contributed by atoms with Gasteiger partial charge in [-0.25, -0.2) is 0 Å². The third kappa shape index (κ3) is 2.27. The van der Waals surface area contributed by atoms with Crippen molar-refractivity contribution < 1.29 is 9.32 Å². The first-order valence-corrected chi connectivity index (χ1v) is 5.69. The summed E-state index contributed by atoms with van der Waals surface area (Å²) in [7, 11) is -0.794. The predicted molar refractivity (Wildman–Crippen MR) is 46.9 cm³/mol. The van der Waals surface area contributed by atoms with Crippen molar-refractivity contribution in [2.75, 3.05) is 5.75 Å². The first-order chi connectivity index (χ1) is 5.25. The average Bonchev–Trinajstić information content (AvgIpc) is 2.04. The molecule has 0 unspecified atom stereocenters. The zero-order valence-electron chi connectivity index (χ0n) is 6.95. The highest BCUT2D eigenvalue weighted by atomic mass is 32.2. The fourth-order valence-electron chi connectivity index (χ4n) is 1.60. The summed E-state index contributed by atoms with van der Waals surface area (Å²) >= 11 is 0. The van der Waals surface area contributed by atoms with Crippen molar-refractivity contribution in [3.8, 4) is 0 Å². The summed E-state index contributed by atoms with van der Waals surface area (Å²) in [4.78, 5) is 0. The second kappa shape index (κ2) is 4.21. The average molecular weight is 176 g/mol. The van der Waals surface area contributed by atoms with Crippen molar-refractivity contribution in [2.24, 2.45) is 0 Å². The van der Waals surface area contributed by atoms with Gasteiger partial charge >= 0.3 is 0 Å². The van der Waals surface area contributed by atoms with Crippen LogP contribution in [0.5, 0.6) is 0 Å². The van der Waals surface area contributed by atoms with Crippen LogP contribution in [0.4, 0.5) is 0 Å². The normalized spacial score (nSPS) is 35.1. The van der Waals surface area contributed by atoms with Gasteiger partial charge in [0, 0.05) is 16.6 Å². The minimum absolute atomic E-state index is 0.0637. The molecule has 0 saturated heterocycles. The van der Waals surface area contributed by atoms with Crippen LogP contribution >= 0.6 is 0 Å². The number of aliphatic hydroxyl groups is 1. The van der Waals surface area contributed by atoms with E-state index < -0.39 is 10.8 Å². The van der Waals surface area contributed by atoms with Crippen molar-refractivity contribution in [1.29, 1.82) is 0 Å². The van der Waals surface area contributed by atoms with Crippen molar-refractivity contribution in [1.82, 2.24) is 0 Å². The van der Waals surface area contributed by atoms with Crippen LogP contribution in [0.2, 0.25) is 0 Å². The second-order valence-electron chi connectivity index (χ2n) is 3.06. The maximum Gasteiger partial charge on any atom is 0.0683 e. The van der Waals surface area contributed by atoms with E-state index in [2.05, 4.69) is 0 Å². The third-order valence-corrected chi connectivity index (χ3v) is 4.08. The summed E-state index contributed by atoms with van der Waals surface area (Å²) in [5.41, 5.74) is 0. The van der Waals surface area contributed by atoms with Crippen LogP contribution < -0.4 is 0 Å². The van der Waals surface area contributed by atoms with E-state index in [1.165, 1.54) is 0 Å². The van der Waals surface area contributed by atoms with Gasteiger partial charge in [0.2, 0.25) is 0 Å². The maximum atomic E-state index is 11.3. The Balaban J connectivity index is 2.47. The molecule has 0 aromatic carbocycles. The van der Waals surface area contributed by atoms with Crippen molar-refractivity contribution in [3.63, 3.8) is 0 Å². The molecule has 66 valence electrons. The lowest BCUT2D eigenvalue weighted by Crippen LogP contribution is -2.34. The summed E-state index contributed by atoms with van der Waals surface area (Å²) < 4.78 is 11.3. The highest BCUT2D eigenvalue weighted by molar-refractivity contribution is 7.85. The SMILES string of the molecule is CC[S@](=O)[C@@H]1CCCC[C@H]1O. The van der Waals surface area contributed by atoms with E-state index in [1.54, 1.807) is 0 Å². The highest BCUT2D eigenvalue weighted by Gasteiger charge is 2.26. The fraction of sp³-hybridized carbons (Fsp3) is 1.00. The lowest BCUT2D eigenvalue weighted by molar-refractivity contribution is 0.135. The lowest BCUT2D eigenvalue weighted by Gasteiger charge is -2.26. The molecule has 0 amide bonds. The van der Waals surface area contributed by atoms with E-state index >= 15 is 0 Å². The van der Waals surface area contributed by atoms with E-state index in [9.17, 15) is 9.32 Å². The Kier molecular flexibility index (Phi) is 3.52. The molecule has 1 N–H and O–H groups in total. The van der Waals surface area contributed by atoms with E-state index in [0.29, 0.717) is 5.75 Å². The minimum Gasteiger partial charge on any atom is -0.392 e. The van der Waals surface area contributed by atoms with Gasteiger partial charge in [0.25, 0.3) is 0 Å². The molecule has 0 aromatic heterocycles. The van der Waals surface area contributed by atoms with Crippen LogP contribution in [-0.2, 0) is 10.8 Å². The van der Waals surface area contributed by atoms with Crippen LogP contribution in [0.1, 0.15) is 32.6 Å². The molecule has 0 aliphatic heterocycles. The summed E-state index contributed by atoms with van der Waals surface area (Å²) in [5.74, 6) is 0.682. The molecule has 1 saturated carbocycles. The molecule has 0 radical (unpaired) electrons. The van der Waals surface area contributed by atoms with Gasteiger partial charge < -0.3 is 5.11 Å². The van der Waals surface area contributed by atoms with Gasteiger partial charge in [-0.1, -0.05) is 19.8 Å². The van der Waals surface area contributed by atoms with Gasteiger partial charge in [0.15, 0.2) is 0 Å². The summed E-state index contributed by atoms with van der Waals surface area (Å²) in [5, 5.41) is 9.54. The Morgan fingerprint density at radius 3 is 2.64 bits per heavy atom. The molecule has 0 bridgehead atoms. The monoisotopic (exact) mass is 176 g/mol.